The van der Waals surface area contributed by atoms with Crippen molar-refractivity contribution in [1.29, 1.82) is 0 Å². The van der Waals surface area contributed by atoms with Gasteiger partial charge in [-0.3, -0.25) is 0 Å². The molecule has 12 aliphatic heterocycles. The van der Waals surface area contributed by atoms with Gasteiger partial charge in [-0.25, -0.2) is 0 Å². The molecule has 0 aliphatic carbocycles. The van der Waals surface area contributed by atoms with Crippen molar-refractivity contribution in [3.63, 3.8) is 0 Å². The van der Waals surface area contributed by atoms with Crippen LogP contribution in [0.1, 0.15) is 129 Å². The maximum absolute atomic E-state index is 5.13. The van der Waals surface area contributed by atoms with E-state index in [1.807, 2.05) is 11.8 Å². The molecule has 0 atom stereocenters. The summed E-state index contributed by atoms with van der Waals surface area (Å²) in [7, 11) is 0. The van der Waals surface area contributed by atoms with Gasteiger partial charge in [0.2, 0.25) is 0 Å². The van der Waals surface area contributed by atoms with Gasteiger partial charge in [0.1, 0.15) is 6.79 Å². The van der Waals surface area contributed by atoms with Crippen molar-refractivity contribution in [3.8, 4) is 0 Å². The van der Waals surface area contributed by atoms with Gasteiger partial charge in [-0.1, -0.05) is 26.7 Å². The van der Waals surface area contributed by atoms with E-state index in [1.54, 1.807) is 0 Å². The normalized spacial score (nSPS) is 23.7. The van der Waals surface area contributed by atoms with Crippen LogP contribution < -0.4 is 42.5 Å². The monoisotopic (exact) mass is 1040 g/mol. The van der Waals surface area contributed by atoms with Gasteiger partial charge in [-0.2, -0.15) is 23.5 Å². The maximum Gasteiger partial charge on any atom is 0.146 e. The van der Waals surface area contributed by atoms with Crippen LogP contribution in [-0.2, 0) is 28.4 Å². The molecule has 12 rings (SSSR count). The Bertz CT molecular complexity index is 587. The molecule has 0 saturated carbocycles. The lowest BCUT2D eigenvalue weighted by Gasteiger charge is -2.11. The van der Waals surface area contributed by atoms with Crippen LogP contribution in [0.2, 0.25) is 0 Å². The summed E-state index contributed by atoms with van der Waals surface area (Å²) in [6, 6.07) is 0. The summed E-state index contributed by atoms with van der Waals surface area (Å²) in [5, 5.41) is 25.8. The summed E-state index contributed by atoms with van der Waals surface area (Å²) in [4.78, 5) is 0. The number of thioether (sulfide) groups is 3. The second kappa shape index (κ2) is 66.5. The van der Waals surface area contributed by atoms with Crippen LogP contribution in [0, 0.1) is 0 Å². The molecule has 0 spiro atoms. The molecular weight excluding hydrogens is 929 g/mol. The first-order chi connectivity index (χ1) is 34.0. The van der Waals surface area contributed by atoms with Crippen LogP contribution >= 0.6 is 35.3 Å². The van der Waals surface area contributed by atoms with E-state index >= 15 is 0 Å². The highest BCUT2D eigenvalue weighted by Gasteiger charge is 2.00. The molecule has 12 saturated heterocycles. The Labute approximate surface area is 439 Å². The quantitative estimate of drug-likeness (QED) is 0.126. The topological polar surface area (TPSA) is 152 Å². The number of rotatable bonds is 0. The van der Waals surface area contributed by atoms with Crippen LogP contribution in [0.5, 0.6) is 0 Å². The zero-order valence-corrected chi connectivity index (χ0v) is 46.2. The van der Waals surface area contributed by atoms with E-state index in [0.29, 0.717) is 6.79 Å². The van der Waals surface area contributed by atoms with E-state index in [1.165, 1.54) is 202 Å². The van der Waals surface area contributed by atoms with E-state index in [4.69, 9.17) is 28.4 Å². The molecule has 0 radical (unpaired) electrons. The summed E-state index contributed by atoms with van der Waals surface area (Å²) < 4.78 is 29.6. The molecule has 0 aromatic carbocycles. The second-order valence-corrected chi connectivity index (χ2v) is 21.2. The standard InChI is InChI=1S/C5H11NO.2C5H11N.C5H10O.C5H10S.C4H10N2.C4H9NO.C4H9N.C4H8O.C4H8S.C3H7NS.C3H6O2.CH4/c1-2-6-3-5-7-4-1;4*1-2-4-6-5-3-1;1-2-6-4-3-5-1;1-3-6-4-2-5-1;3*1-2-4-5-3-1;2*1-2-5-3-4-1;/h6H,1-5H2;2*6H,1-5H2;2*1-5H2;5-6H,1-4H2;5H,1-4H2;5H,1-4H2;2*1-4H2;4H,1-3H2;1-3H2;1H4. The zero-order valence-electron chi connectivity index (χ0n) is 43.7. The Kier molecular flexibility index (Phi) is 67.0. The molecule has 12 fully saturated rings. The van der Waals surface area contributed by atoms with Crippen LogP contribution in [0.15, 0.2) is 0 Å². The fourth-order valence-corrected chi connectivity index (χ4v) is 9.83. The Morgan fingerprint density at radius 2 is 0.522 bits per heavy atom. The molecule has 0 amide bonds. The van der Waals surface area contributed by atoms with Crippen LogP contribution in [0.4, 0.5) is 0 Å². The van der Waals surface area contributed by atoms with Gasteiger partial charge in [-0.15, -0.1) is 11.8 Å². The highest BCUT2D eigenvalue weighted by atomic mass is 32.2. The number of nitrogens with one attached hydrogen (secondary N) is 8. The first-order valence-electron chi connectivity index (χ1n) is 27.9. The van der Waals surface area contributed by atoms with Gasteiger partial charge < -0.3 is 71.0 Å². The molecule has 12 aliphatic rings. The van der Waals surface area contributed by atoms with Gasteiger partial charge in [0, 0.05) is 97.0 Å². The minimum Gasteiger partial charge on any atom is -0.381 e. The number of ether oxygens (including phenoxy) is 6. The third-order valence-electron chi connectivity index (χ3n) is 11.2. The highest BCUT2D eigenvalue weighted by Crippen LogP contribution is 2.15. The molecule has 0 aromatic rings. The summed E-state index contributed by atoms with van der Waals surface area (Å²) in [5.41, 5.74) is 0. The largest absolute Gasteiger partial charge is 0.381 e. The van der Waals surface area contributed by atoms with Gasteiger partial charge >= 0.3 is 0 Å². The van der Waals surface area contributed by atoms with E-state index in [2.05, 4.69) is 66.1 Å². The van der Waals surface area contributed by atoms with Crippen LogP contribution in [0.25, 0.3) is 0 Å². The van der Waals surface area contributed by atoms with Crippen molar-refractivity contribution in [2.24, 2.45) is 0 Å². The molecule has 8 N–H and O–H groups in total. The lowest BCUT2D eigenvalue weighted by atomic mass is 10.2. The second-order valence-electron chi connectivity index (χ2n) is 17.6. The lowest BCUT2D eigenvalue weighted by molar-refractivity contribution is 0.0692. The Morgan fingerprint density at radius 1 is 0.203 bits per heavy atom. The number of morpholine rings is 1. The molecule has 14 nitrogen and oxygen atoms in total. The third kappa shape index (κ3) is 64.5. The average molecular weight is 1040 g/mol. The van der Waals surface area contributed by atoms with Crippen molar-refractivity contribution in [2.75, 3.05) is 206 Å². The van der Waals surface area contributed by atoms with Crippen molar-refractivity contribution in [3.05, 3.63) is 0 Å². The molecular formula is C52H114N8O6S3. The van der Waals surface area contributed by atoms with E-state index < -0.39 is 0 Å². The van der Waals surface area contributed by atoms with Crippen molar-refractivity contribution in [1.82, 2.24) is 42.5 Å². The average Bonchev–Trinajstić information content (AvgIpc) is 4.32. The van der Waals surface area contributed by atoms with Crippen molar-refractivity contribution >= 4 is 35.3 Å². The Balaban J connectivity index is 0.000000731. The molecule has 69 heavy (non-hydrogen) atoms. The summed E-state index contributed by atoms with van der Waals surface area (Å²) >= 11 is 6.13. The number of hydrogen-bond acceptors (Lipinski definition) is 17. The van der Waals surface area contributed by atoms with E-state index in [0.717, 1.165) is 118 Å². The van der Waals surface area contributed by atoms with Gasteiger partial charge in [0.15, 0.2) is 0 Å². The smallest absolute Gasteiger partial charge is 0.146 e. The molecule has 12 heterocycles. The SMILES string of the molecule is C.C1CCNC1.C1CCNCC1.C1CCNCC1.C1CCOC1.C1CCOCC1.C1CCSC1.C1CCSCC1.C1CNCCN1.C1CNCCOC1.C1COCCN1.C1COCO1.C1CSCN1. The molecule has 17 heteroatoms. The van der Waals surface area contributed by atoms with Gasteiger partial charge in [0.25, 0.3) is 0 Å². The highest BCUT2D eigenvalue weighted by molar-refractivity contribution is 7.99. The van der Waals surface area contributed by atoms with Gasteiger partial charge in [-0.05, 0) is 172 Å². The van der Waals surface area contributed by atoms with E-state index in [-0.39, 0.29) is 7.43 Å². The number of piperazine rings is 1. The fourth-order valence-electron chi connectivity index (χ4n) is 7.07. The molecule has 416 valence electrons. The van der Waals surface area contributed by atoms with Crippen LogP contribution in [-0.4, -0.2) is 206 Å². The summed E-state index contributed by atoms with van der Waals surface area (Å²) in [6.45, 7) is 27.1. The van der Waals surface area contributed by atoms with Gasteiger partial charge in [0.05, 0.1) is 33.0 Å². The predicted molar refractivity (Wildman–Crippen MR) is 305 cm³/mol. The minimum absolute atomic E-state index is 0. The lowest BCUT2D eigenvalue weighted by Crippen LogP contribution is -2.39. The number of piperidine rings is 2. The molecule has 0 aromatic heterocycles. The van der Waals surface area contributed by atoms with Crippen molar-refractivity contribution < 1.29 is 28.4 Å². The molecule has 0 bridgehead atoms. The summed E-state index contributed by atoms with van der Waals surface area (Å²) in [6.07, 6.45) is 26.2. The van der Waals surface area contributed by atoms with Crippen molar-refractivity contribution in [2.45, 2.75) is 129 Å². The summed E-state index contributed by atoms with van der Waals surface area (Å²) in [5.74, 6) is 8.14. The fraction of sp³-hybridized carbons (Fsp3) is 1.00. The first kappa shape index (κ1) is 69.5. The van der Waals surface area contributed by atoms with E-state index in [9.17, 15) is 0 Å². The Hall–Kier alpha value is 0.490. The first-order valence-corrected chi connectivity index (χ1v) is 31.3. The minimum atomic E-state index is 0. The third-order valence-corrected chi connectivity index (χ3v) is 14.4. The maximum atomic E-state index is 5.13. The predicted octanol–water partition coefficient (Wildman–Crippen LogP) is 6.98. The number of hydrogen-bond donors (Lipinski definition) is 8. The Morgan fingerprint density at radius 3 is 0.768 bits per heavy atom. The van der Waals surface area contributed by atoms with Crippen LogP contribution in [0.3, 0.4) is 0 Å². The molecule has 0 unspecified atom stereocenters. The zero-order chi connectivity index (χ0) is 48.1.